The molecular weight excluding hydrogens is 518 g/mol. The summed E-state index contributed by atoms with van der Waals surface area (Å²) in [6, 6.07) is 16.8. The Kier molecular flexibility index (Phi) is 8.58. The van der Waals surface area contributed by atoms with E-state index in [1.54, 1.807) is 25.1 Å². The van der Waals surface area contributed by atoms with Gasteiger partial charge in [0, 0.05) is 5.39 Å². The van der Waals surface area contributed by atoms with Crippen molar-refractivity contribution in [1.29, 1.82) is 0 Å². The number of hydrogen-bond acceptors (Lipinski definition) is 8. The molecule has 0 bridgehead atoms. The first-order chi connectivity index (χ1) is 17.9. The number of thioether (sulfide) groups is 1. The summed E-state index contributed by atoms with van der Waals surface area (Å²) in [5, 5.41) is 1.80. The standard InChI is InChI=1S/C27H24ClNO7S/c1-3-34-22-14-17(13-20(28)25(22)36-16-24(30)33-2)15-23-26(31)29(27(32)37-23)11-12-35-21-10-6-8-18-7-4-5-9-19(18)21/h4-10,13-15H,3,11-12,16H2,1-2H3/b23-15-. The molecule has 0 unspecified atom stereocenters. The third-order valence-electron chi connectivity index (χ3n) is 5.39. The molecule has 3 aromatic carbocycles. The van der Waals surface area contributed by atoms with E-state index in [9.17, 15) is 14.4 Å². The van der Waals surface area contributed by atoms with Gasteiger partial charge in [0.05, 0.1) is 30.2 Å². The van der Waals surface area contributed by atoms with Crippen molar-refractivity contribution in [3.05, 3.63) is 70.1 Å². The number of fused-ring (bicyclic) bond motifs is 1. The molecule has 37 heavy (non-hydrogen) atoms. The molecule has 10 heteroatoms. The first kappa shape index (κ1) is 26.4. The SMILES string of the molecule is CCOc1cc(/C=C2\SC(=O)N(CCOc3cccc4ccccc34)C2=O)cc(Cl)c1OCC(=O)OC. The molecule has 1 heterocycles. The number of amides is 2. The third-order valence-corrected chi connectivity index (χ3v) is 6.58. The van der Waals surface area contributed by atoms with Crippen LogP contribution in [0.15, 0.2) is 59.5 Å². The second kappa shape index (κ2) is 12.0. The number of ether oxygens (including phenoxy) is 4. The van der Waals surface area contributed by atoms with E-state index in [-0.39, 0.29) is 40.7 Å². The van der Waals surface area contributed by atoms with Gasteiger partial charge in [-0.15, -0.1) is 0 Å². The molecule has 3 aromatic rings. The molecule has 0 saturated carbocycles. The highest BCUT2D eigenvalue weighted by Gasteiger charge is 2.35. The Morgan fingerprint density at radius 1 is 1.03 bits per heavy atom. The topological polar surface area (TPSA) is 91.4 Å². The first-order valence-corrected chi connectivity index (χ1v) is 12.6. The highest BCUT2D eigenvalue weighted by Crippen LogP contribution is 2.39. The molecule has 0 atom stereocenters. The van der Waals surface area contributed by atoms with Crippen molar-refractivity contribution in [2.75, 3.05) is 33.5 Å². The van der Waals surface area contributed by atoms with Gasteiger partial charge < -0.3 is 18.9 Å². The summed E-state index contributed by atoms with van der Waals surface area (Å²) < 4.78 is 21.5. The van der Waals surface area contributed by atoms with Crippen LogP contribution >= 0.6 is 23.4 Å². The van der Waals surface area contributed by atoms with Gasteiger partial charge in [-0.25, -0.2) is 4.79 Å². The largest absolute Gasteiger partial charge is 0.491 e. The Morgan fingerprint density at radius 3 is 2.59 bits per heavy atom. The highest BCUT2D eigenvalue weighted by molar-refractivity contribution is 8.18. The van der Waals surface area contributed by atoms with Gasteiger partial charge in [-0.3, -0.25) is 14.5 Å². The minimum atomic E-state index is -0.569. The van der Waals surface area contributed by atoms with Gasteiger partial charge >= 0.3 is 5.97 Å². The van der Waals surface area contributed by atoms with Crippen LogP contribution in [0.5, 0.6) is 17.2 Å². The van der Waals surface area contributed by atoms with E-state index in [0.717, 1.165) is 27.4 Å². The number of imide groups is 1. The zero-order chi connectivity index (χ0) is 26.4. The van der Waals surface area contributed by atoms with Gasteiger partial charge in [0.1, 0.15) is 12.4 Å². The Morgan fingerprint density at radius 2 is 1.81 bits per heavy atom. The van der Waals surface area contributed by atoms with Crippen molar-refractivity contribution in [2.45, 2.75) is 6.92 Å². The molecule has 0 aromatic heterocycles. The lowest BCUT2D eigenvalue weighted by Gasteiger charge is -2.14. The number of hydrogen-bond donors (Lipinski definition) is 0. The maximum Gasteiger partial charge on any atom is 0.343 e. The molecule has 2 amide bonds. The zero-order valence-electron chi connectivity index (χ0n) is 20.2. The summed E-state index contributed by atoms with van der Waals surface area (Å²) in [7, 11) is 1.25. The van der Waals surface area contributed by atoms with Crippen LogP contribution in [0.25, 0.3) is 16.8 Å². The lowest BCUT2D eigenvalue weighted by atomic mass is 10.1. The summed E-state index contributed by atoms with van der Waals surface area (Å²) in [6.07, 6.45) is 1.56. The summed E-state index contributed by atoms with van der Waals surface area (Å²) in [5.41, 5.74) is 0.538. The predicted molar refractivity (Wildman–Crippen MR) is 142 cm³/mol. The molecule has 0 N–H and O–H groups in total. The maximum absolute atomic E-state index is 13.0. The van der Waals surface area contributed by atoms with Crippen molar-refractivity contribution in [1.82, 2.24) is 4.90 Å². The number of methoxy groups -OCH3 is 1. The molecule has 8 nitrogen and oxygen atoms in total. The highest BCUT2D eigenvalue weighted by atomic mass is 35.5. The Balaban J connectivity index is 1.46. The maximum atomic E-state index is 13.0. The fourth-order valence-corrected chi connectivity index (χ4v) is 4.82. The lowest BCUT2D eigenvalue weighted by molar-refractivity contribution is -0.142. The average Bonchev–Trinajstić information content (AvgIpc) is 3.15. The quantitative estimate of drug-likeness (QED) is 0.243. The van der Waals surface area contributed by atoms with E-state index in [2.05, 4.69) is 4.74 Å². The number of carbonyl (C=O) groups is 3. The summed E-state index contributed by atoms with van der Waals surface area (Å²) >= 11 is 7.21. The fourth-order valence-electron chi connectivity index (χ4n) is 3.68. The van der Waals surface area contributed by atoms with E-state index in [4.69, 9.17) is 25.8 Å². The summed E-state index contributed by atoms with van der Waals surface area (Å²) in [4.78, 5) is 38.4. The molecule has 1 saturated heterocycles. The lowest BCUT2D eigenvalue weighted by Crippen LogP contribution is -2.32. The molecule has 1 aliphatic heterocycles. The average molecular weight is 542 g/mol. The van der Waals surface area contributed by atoms with Gasteiger partial charge in [0.25, 0.3) is 11.1 Å². The second-order valence-electron chi connectivity index (χ2n) is 7.79. The summed E-state index contributed by atoms with van der Waals surface area (Å²) in [5.74, 6) is 0.183. The number of rotatable bonds is 10. The molecule has 0 radical (unpaired) electrons. The fraction of sp³-hybridized carbons (Fsp3) is 0.222. The van der Waals surface area contributed by atoms with E-state index in [1.807, 2.05) is 42.5 Å². The van der Waals surface area contributed by atoms with Gasteiger partial charge in [-0.1, -0.05) is 48.0 Å². The monoisotopic (exact) mass is 541 g/mol. The van der Waals surface area contributed by atoms with Crippen molar-refractivity contribution < 1.29 is 33.3 Å². The normalized spacial score (nSPS) is 14.4. The second-order valence-corrected chi connectivity index (χ2v) is 9.19. The zero-order valence-corrected chi connectivity index (χ0v) is 21.8. The van der Waals surface area contributed by atoms with Crippen LogP contribution in [-0.4, -0.2) is 55.5 Å². The molecule has 0 aliphatic carbocycles. The van der Waals surface area contributed by atoms with Gasteiger partial charge in [0.2, 0.25) is 0 Å². The van der Waals surface area contributed by atoms with Crippen molar-refractivity contribution in [2.24, 2.45) is 0 Å². The molecule has 4 rings (SSSR count). The van der Waals surface area contributed by atoms with Crippen LogP contribution in [-0.2, 0) is 14.3 Å². The number of benzene rings is 3. The summed E-state index contributed by atoms with van der Waals surface area (Å²) in [6.45, 7) is 2.04. The van der Waals surface area contributed by atoms with Crippen LogP contribution in [0, 0.1) is 0 Å². The van der Waals surface area contributed by atoms with Crippen LogP contribution in [0.4, 0.5) is 4.79 Å². The molecular formula is C27H24ClNO7S. The van der Waals surface area contributed by atoms with Crippen LogP contribution in [0.3, 0.4) is 0 Å². The van der Waals surface area contributed by atoms with Crippen molar-refractivity contribution in [3.63, 3.8) is 0 Å². The van der Waals surface area contributed by atoms with E-state index < -0.39 is 11.9 Å². The van der Waals surface area contributed by atoms with Gasteiger partial charge in [-0.2, -0.15) is 0 Å². The van der Waals surface area contributed by atoms with Gasteiger partial charge in [0.15, 0.2) is 18.1 Å². The van der Waals surface area contributed by atoms with E-state index >= 15 is 0 Å². The predicted octanol–water partition coefficient (Wildman–Crippen LogP) is 5.56. The first-order valence-electron chi connectivity index (χ1n) is 11.4. The van der Waals surface area contributed by atoms with Gasteiger partial charge in [-0.05, 0) is 53.9 Å². The van der Waals surface area contributed by atoms with Crippen molar-refractivity contribution in [3.8, 4) is 17.2 Å². The van der Waals surface area contributed by atoms with Crippen LogP contribution in [0.1, 0.15) is 12.5 Å². The molecule has 1 aliphatic rings. The third kappa shape index (κ3) is 6.18. The Bertz CT molecular complexity index is 1370. The molecule has 0 spiro atoms. The number of esters is 1. The number of nitrogens with zero attached hydrogens (tertiary/aromatic N) is 1. The Labute approximate surface area is 223 Å². The van der Waals surface area contributed by atoms with E-state index in [1.165, 1.54) is 7.11 Å². The number of halogens is 1. The van der Waals surface area contributed by atoms with Crippen molar-refractivity contribution >= 4 is 57.3 Å². The van der Waals surface area contributed by atoms with E-state index in [0.29, 0.717) is 23.7 Å². The minimum absolute atomic E-state index is 0.108. The smallest absolute Gasteiger partial charge is 0.343 e. The molecule has 192 valence electrons. The Hall–Kier alpha value is -3.69. The van der Waals surface area contributed by atoms with Crippen LogP contribution < -0.4 is 14.2 Å². The number of carbonyl (C=O) groups excluding carboxylic acids is 3. The minimum Gasteiger partial charge on any atom is -0.491 e. The molecule has 1 fully saturated rings. The van der Waals surface area contributed by atoms with Crippen LogP contribution in [0.2, 0.25) is 5.02 Å².